The Kier molecular flexibility index (Phi) is 8.45. The van der Waals surface area contributed by atoms with Crippen molar-refractivity contribution < 1.29 is 9.53 Å². The SMILES string of the molecule is C=CCCN1CN(C(c2ccccc2)c2ccccc2CCC)n2ccc(=O)c(OCc3ccccc3)c2C1=O. The Balaban J connectivity index is 1.68. The molecule has 1 aliphatic heterocycles. The van der Waals surface area contributed by atoms with Gasteiger partial charge in [0, 0.05) is 18.8 Å². The fourth-order valence-corrected chi connectivity index (χ4v) is 5.32. The molecule has 1 amide bonds. The summed E-state index contributed by atoms with van der Waals surface area (Å²) in [7, 11) is 0. The van der Waals surface area contributed by atoms with Crippen molar-refractivity contribution in [1.82, 2.24) is 9.58 Å². The van der Waals surface area contributed by atoms with Gasteiger partial charge in [-0.05, 0) is 35.1 Å². The maximum Gasteiger partial charge on any atom is 0.277 e. The summed E-state index contributed by atoms with van der Waals surface area (Å²) in [6.45, 7) is 7.06. The van der Waals surface area contributed by atoms with Crippen LogP contribution in [0.5, 0.6) is 5.75 Å². The van der Waals surface area contributed by atoms with Crippen molar-refractivity contribution in [2.75, 3.05) is 18.2 Å². The minimum absolute atomic E-state index is 0.0679. The average molecular weight is 534 g/mol. The molecular weight excluding hydrogens is 498 g/mol. The molecule has 0 spiro atoms. The van der Waals surface area contributed by atoms with Crippen LogP contribution in [0, 0.1) is 0 Å². The molecule has 0 saturated heterocycles. The molecule has 0 N–H and O–H groups in total. The van der Waals surface area contributed by atoms with E-state index in [0.717, 1.165) is 24.0 Å². The standard InChI is InChI=1S/C34H35N3O3/c1-3-5-22-35-25-37(31(28-18-10-7-11-19-28)29-20-13-12-17-27(29)14-4-2)36-23-21-30(38)33(32(36)34(35)39)40-24-26-15-8-6-9-16-26/h3,6-13,15-21,23,31H,1,4-5,14,22,24-25H2,2H3. The van der Waals surface area contributed by atoms with Crippen molar-refractivity contribution in [2.45, 2.75) is 38.8 Å². The van der Waals surface area contributed by atoms with Crippen LogP contribution in [0.2, 0.25) is 0 Å². The van der Waals surface area contributed by atoms with E-state index in [1.807, 2.05) is 59.3 Å². The molecule has 40 heavy (non-hydrogen) atoms. The highest BCUT2D eigenvalue weighted by Gasteiger charge is 2.37. The van der Waals surface area contributed by atoms with Crippen molar-refractivity contribution in [2.24, 2.45) is 0 Å². The summed E-state index contributed by atoms with van der Waals surface area (Å²) >= 11 is 0. The molecule has 5 rings (SSSR count). The lowest BCUT2D eigenvalue weighted by molar-refractivity contribution is 0.0680. The van der Waals surface area contributed by atoms with Gasteiger partial charge < -0.3 is 9.64 Å². The topological polar surface area (TPSA) is 54.8 Å². The van der Waals surface area contributed by atoms with Gasteiger partial charge in [-0.3, -0.25) is 19.3 Å². The zero-order valence-electron chi connectivity index (χ0n) is 22.9. The number of benzene rings is 3. The smallest absolute Gasteiger partial charge is 0.277 e. The Labute approximate surface area is 235 Å². The van der Waals surface area contributed by atoms with Crippen LogP contribution in [0.25, 0.3) is 0 Å². The number of aryl methyl sites for hydroxylation is 1. The number of pyridine rings is 1. The largest absolute Gasteiger partial charge is 0.482 e. The zero-order chi connectivity index (χ0) is 27.9. The van der Waals surface area contributed by atoms with E-state index in [1.54, 1.807) is 11.1 Å². The Bertz CT molecular complexity index is 1510. The van der Waals surface area contributed by atoms with Crippen molar-refractivity contribution in [3.63, 3.8) is 0 Å². The third-order valence-electron chi connectivity index (χ3n) is 7.23. The van der Waals surface area contributed by atoms with Crippen molar-refractivity contribution in [3.8, 4) is 5.75 Å². The van der Waals surface area contributed by atoms with Crippen LogP contribution in [0.15, 0.2) is 115 Å². The fourth-order valence-electron chi connectivity index (χ4n) is 5.32. The lowest BCUT2D eigenvalue weighted by Crippen LogP contribution is -2.55. The predicted octanol–water partition coefficient (Wildman–Crippen LogP) is 6.10. The number of nitrogens with zero attached hydrogens (tertiary/aromatic N) is 3. The number of amides is 1. The number of aromatic nitrogens is 1. The van der Waals surface area contributed by atoms with E-state index >= 15 is 0 Å². The first-order valence-electron chi connectivity index (χ1n) is 13.8. The molecule has 0 radical (unpaired) electrons. The maximum atomic E-state index is 13.9. The van der Waals surface area contributed by atoms with Crippen molar-refractivity contribution in [1.29, 1.82) is 0 Å². The minimum Gasteiger partial charge on any atom is -0.482 e. The summed E-state index contributed by atoms with van der Waals surface area (Å²) < 4.78 is 7.95. The number of carbonyl (C=O) groups is 1. The normalized spacial score (nSPS) is 13.6. The molecule has 3 aromatic carbocycles. The average Bonchev–Trinajstić information content (AvgIpc) is 2.99. The summed E-state index contributed by atoms with van der Waals surface area (Å²) in [5.41, 5.74) is 4.38. The minimum atomic E-state index is -0.316. The molecule has 2 heterocycles. The summed E-state index contributed by atoms with van der Waals surface area (Å²) in [5, 5.41) is 2.17. The van der Waals surface area contributed by atoms with Crippen LogP contribution >= 0.6 is 0 Å². The van der Waals surface area contributed by atoms with Gasteiger partial charge in [0.2, 0.25) is 5.43 Å². The molecule has 0 saturated carbocycles. The summed E-state index contributed by atoms with van der Waals surface area (Å²) in [6.07, 6.45) is 6.11. The maximum absolute atomic E-state index is 13.9. The van der Waals surface area contributed by atoms with E-state index in [4.69, 9.17) is 4.74 Å². The number of fused-ring (bicyclic) bond motifs is 1. The van der Waals surface area contributed by atoms with Crippen molar-refractivity contribution in [3.05, 3.63) is 148 Å². The summed E-state index contributed by atoms with van der Waals surface area (Å²) in [6, 6.07) is 29.8. The molecule has 0 bridgehead atoms. The molecule has 0 fully saturated rings. The van der Waals surface area contributed by atoms with Gasteiger partial charge in [0.25, 0.3) is 5.91 Å². The lowest BCUT2D eigenvalue weighted by atomic mass is 9.92. The van der Waals surface area contributed by atoms with E-state index in [1.165, 1.54) is 17.2 Å². The Morgan fingerprint density at radius 3 is 2.35 bits per heavy atom. The Morgan fingerprint density at radius 2 is 1.62 bits per heavy atom. The second-order valence-electron chi connectivity index (χ2n) is 9.97. The Morgan fingerprint density at radius 1 is 0.925 bits per heavy atom. The molecule has 1 aliphatic rings. The number of hydrogen-bond donors (Lipinski definition) is 0. The molecular formula is C34H35N3O3. The molecule has 0 aliphatic carbocycles. The van der Waals surface area contributed by atoms with Gasteiger partial charge in [0.1, 0.15) is 13.3 Å². The van der Waals surface area contributed by atoms with Gasteiger partial charge in [-0.25, -0.2) is 0 Å². The molecule has 1 aromatic heterocycles. The predicted molar refractivity (Wildman–Crippen MR) is 159 cm³/mol. The summed E-state index contributed by atoms with van der Waals surface area (Å²) in [5.74, 6) is -0.161. The van der Waals surface area contributed by atoms with E-state index in [9.17, 15) is 9.59 Å². The van der Waals surface area contributed by atoms with Crippen LogP contribution in [0.1, 0.15) is 58.5 Å². The summed E-state index contributed by atoms with van der Waals surface area (Å²) in [4.78, 5) is 28.9. The number of ether oxygens (including phenoxy) is 1. The molecule has 1 unspecified atom stereocenters. The van der Waals surface area contributed by atoms with Crippen LogP contribution < -0.4 is 15.2 Å². The second kappa shape index (κ2) is 12.5. The molecule has 6 heteroatoms. The van der Waals surface area contributed by atoms with Gasteiger partial charge in [-0.15, -0.1) is 6.58 Å². The van der Waals surface area contributed by atoms with Crippen LogP contribution in [-0.2, 0) is 13.0 Å². The van der Waals surface area contributed by atoms with Crippen LogP contribution in [-0.4, -0.2) is 28.7 Å². The molecule has 1 atom stereocenters. The van der Waals surface area contributed by atoms with Crippen molar-refractivity contribution >= 4 is 5.91 Å². The van der Waals surface area contributed by atoms with E-state index in [-0.39, 0.29) is 35.4 Å². The fraction of sp³-hybridized carbons (Fsp3) is 0.235. The lowest BCUT2D eigenvalue weighted by Gasteiger charge is -2.44. The Hall–Kier alpha value is -4.58. The monoisotopic (exact) mass is 533 g/mol. The zero-order valence-corrected chi connectivity index (χ0v) is 22.9. The molecule has 6 nitrogen and oxygen atoms in total. The number of rotatable bonds is 11. The van der Waals surface area contributed by atoms with E-state index < -0.39 is 0 Å². The van der Waals surface area contributed by atoms with Crippen LogP contribution in [0.4, 0.5) is 0 Å². The van der Waals surface area contributed by atoms with Gasteiger partial charge in [0.05, 0.1) is 6.04 Å². The van der Waals surface area contributed by atoms with E-state index in [0.29, 0.717) is 19.6 Å². The first-order valence-corrected chi connectivity index (χ1v) is 13.8. The van der Waals surface area contributed by atoms with Gasteiger partial charge in [-0.2, -0.15) is 0 Å². The second-order valence-corrected chi connectivity index (χ2v) is 9.97. The molecule has 4 aromatic rings. The molecule has 204 valence electrons. The number of carbonyl (C=O) groups excluding carboxylic acids is 1. The first kappa shape index (κ1) is 27.0. The quantitative estimate of drug-likeness (QED) is 0.219. The first-order chi connectivity index (χ1) is 19.6. The van der Waals surface area contributed by atoms with Crippen LogP contribution in [0.3, 0.4) is 0 Å². The third kappa shape index (κ3) is 5.57. The van der Waals surface area contributed by atoms with Gasteiger partial charge >= 0.3 is 0 Å². The highest BCUT2D eigenvalue weighted by molar-refractivity contribution is 5.96. The third-order valence-corrected chi connectivity index (χ3v) is 7.23. The van der Waals surface area contributed by atoms with E-state index in [2.05, 4.69) is 54.9 Å². The van der Waals surface area contributed by atoms with Gasteiger partial charge in [0.15, 0.2) is 11.4 Å². The highest BCUT2D eigenvalue weighted by Crippen LogP contribution is 2.34. The highest BCUT2D eigenvalue weighted by atomic mass is 16.5. The number of hydrogen-bond acceptors (Lipinski definition) is 4. The van der Waals surface area contributed by atoms with Gasteiger partial charge in [-0.1, -0.05) is 104 Å².